The molecule has 0 bridgehead atoms. The van der Waals surface area contributed by atoms with Crippen LogP contribution in [0.15, 0.2) is 21.6 Å². The third-order valence-electron chi connectivity index (χ3n) is 2.73. The number of furan rings is 1. The highest BCUT2D eigenvalue weighted by molar-refractivity contribution is 7.89. The smallest absolute Gasteiger partial charge is 0.287 e. The van der Waals surface area contributed by atoms with E-state index >= 15 is 0 Å². The van der Waals surface area contributed by atoms with Crippen LogP contribution in [0.2, 0.25) is 0 Å². The second kappa shape index (κ2) is 8.81. The lowest BCUT2D eigenvalue weighted by Gasteiger charge is -2.04. The lowest BCUT2D eigenvalue weighted by Crippen LogP contribution is -2.25. The maximum Gasteiger partial charge on any atom is 0.287 e. The number of carbonyl (C=O) groups is 1. The van der Waals surface area contributed by atoms with E-state index in [2.05, 4.69) is 17.0 Å². The number of sulfonamides is 1. The van der Waals surface area contributed by atoms with E-state index in [4.69, 9.17) is 9.15 Å². The van der Waals surface area contributed by atoms with Gasteiger partial charge in [-0.05, 0) is 32.0 Å². The molecule has 0 saturated heterocycles. The molecule has 0 aliphatic carbocycles. The number of rotatable bonds is 10. The van der Waals surface area contributed by atoms with E-state index in [1.807, 2.05) is 0 Å². The molecule has 21 heavy (non-hydrogen) atoms. The Bertz CT molecular complexity index is 539. The highest BCUT2D eigenvalue weighted by Gasteiger charge is 2.19. The third-order valence-corrected chi connectivity index (χ3v) is 4.02. The first kappa shape index (κ1) is 17.7. The number of ether oxygens (including phenoxy) is 1. The Morgan fingerprint density at radius 1 is 1.29 bits per heavy atom. The summed E-state index contributed by atoms with van der Waals surface area (Å²) in [7, 11) is -2.39. The Morgan fingerprint density at radius 3 is 2.67 bits per heavy atom. The van der Waals surface area contributed by atoms with Crippen LogP contribution in [-0.2, 0) is 14.8 Å². The zero-order chi connectivity index (χ0) is 15.7. The van der Waals surface area contributed by atoms with Crippen LogP contribution in [0.25, 0.3) is 0 Å². The van der Waals surface area contributed by atoms with Crippen LogP contribution in [-0.4, -0.2) is 41.1 Å². The summed E-state index contributed by atoms with van der Waals surface area (Å²) in [6.45, 7) is 3.85. The van der Waals surface area contributed by atoms with Crippen LogP contribution in [0.4, 0.5) is 0 Å². The highest BCUT2D eigenvalue weighted by atomic mass is 32.2. The fraction of sp³-hybridized carbons (Fsp3) is 0.615. The summed E-state index contributed by atoms with van der Waals surface area (Å²) >= 11 is 0. The van der Waals surface area contributed by atoms with Crippen molar-refractivity contribution in [1.82, 2.24) is 10.0 Å². The summed E-state index contributed by atoms with van der Waals surface area (Å²) in [5, 5.41) is 2.37. The van der Waals surface area contributed by atoms with Crippen LogP contribution < -0.4 is 10.0 Å². The number of hydrogen-bond acceptors (Lipinski definition) is 5. The molecule has 1 aromatic heterocycles. The maximum atomic E-state index is 11.7. The summed E-state index contributed by atoms with van der Waals surface area (Å²) in [5.41, 5.74) is 0. The molecule has 8 heteroatoms. The first-order valence-electron chi connectivity index (χ1n) is 6.90. The van der Waals surface area contributed by atoms with Crippen molar-refractivity contribution in [1.29, 1.82) is 0 Å². The fourth-order valence-corrected chi connectivity index (χ4v) is 2.15. The van der Waals surface area contributed by atoms with Crippen LogP contribution >= 0.6 is 0 Å². The van der Waals surface area contributed by atoms with Gasteiger partial charge in [-0.3, -0.25) is 4.79 Å². The summed E-state index contributed by atoms with van der Waals surface area (Å²) < 4.78 is 35.4. The van der Waals surface area contributed by atoms with Gasteiger partial charge in [-0.25, -0.2) is 13.1 Å². The minimum Gasteiger partial charge on any atom is -0.438 e. The quantitative estimate of drug-likeness (QED) is 0.630. The second-order valence-electron chi connectivity index (χ2n) is 4.40. The normalized spacial score (nSPS) is 11.5. The van der Waals surface area contributed by atoms with Gasteiger partial charge >= 0.3 is 0 Å². The highest BCUT2D eigenvalue weighted by Crippen LogP contribution is 2.13. The van der Waals surface area contributed by atoms with Gasteiger partial charge in [0, 0.05) is 19.8 Å². The molecule has 0 aliphatic heterocycles. The predicted molar refractivity (Wildman–Crippen MR) is 77.6 cm³/mol. The lowest BCUT2D eigenvalue weighted by atomic mass is 10.3. The molecule has 0 spiro atoms. The van der Waals surface area contributed by atoms with Crippen molar-refractivity contribution in [2.45, 2.75) is 31.3 Å². The number of hydrogen-bond donors (Lipinski definition) is 2. The SMILES string of the molecule is CCCCOCCCNC(=O)c1ccc(S(=O)(=O)NC)o1. The van der Waals surface area contributed by atoms with Crippen molar-refractivity contribution in [3.05, 3.63) is 17.9 Å². The van der Waals surface area contributed by atoms with Crippen molar-refractivity contribution in [2.24, 2.45) is 0 Å². The minimum atomic E-state index is -3.67. The van der Waals surface area contributed by atoms with E-state index < -0.39 is 15.9 Å². The summed E-state index contributed by atoms with van der Waals surface area (Å²) in [6, 6.07) is 2.58. The molecular formula is C13H22N2O5S. The molecule has 120 valence electrons. The molecule has 1 amide bonds. The van der Waals surface area contributed by atoms with Gasteiger partial charge < -0.3 is 14.5 Å². The van der Waals surface area contributed by atoms with Crippen molar-refractivity contribution >= 4 is 15.9 Å². The Labute approximate surface area is 125 Å². The molecule has 0 fully saturated rings. The Kier molecular flexibility index (Phi) is 7.41. The minimum absolute atomic E-state index is 0.0317. The van der Waals surface area contributed by atoms with Crippen LogP contribution in [0, 0.1) is 0 Å². The van der Waals surface area contributed by atoms with Gasteiger partial charge in [-0.2, -0.15) is 0 Å². The van der Waals surface area contributed by atoms with E-state index in [1.54, 1.807) is 0 Å². The summed E-state index contributed by atoms with van der Waals surface area (Å²) in [4.78, 5) is 11.7. The number of amides is 1. The molecule has 0 saturated carbocycles. The van der Waals surface area contributed by atoms with Crippen LogP contribution in [0.3, 0.4) is 0 Å². The second-order valence-corrected chi connectivity index (χ2v) is 6.22. The van der Waals surface area contributed by atoms with Crippen molar-refractivity contribution in [2.75, 3.05) is 26.8 Å². The third kappa shape index (κ3) is 5.86. The van der Waals surface area contributed by atoms with Gasteiger partial charge in [0.2, 0.25) is 5.09 Å². The van der Waals surface area contributed by atoms with E-state index in [9.17, 15) is 13.2 Å². The van der Waals surface area contributed by atoms with Crippen molar-refractivity contribution in [3.63, 3.8) is 0 Å². The van der Waals surface area contributed by atoms with Crippen molar-refractivity contribution in [3.8, 4) is 0 Å². The molecule has 0 unspecified atom stereocenters. The zero-order valence-corrected chi connectivity index (χ0v) is 13.2. The molecule has 1 aromatic rings. The largest absolute Gasteiger partial charge is 0.438 e. The molecule has 0 aromatic carbocycles. The zero-order valence-electron chi connectivity index (χ0n) is 12.3. The number of unbranched alkanes of at least 4 members (excludes halogenated alkanes) is 1. The molecule has 1 heterocycles. The van der Waals surface area contributed by atoms with Gasteiger partial charge in [0.15, 0.2) is 5.76 Å². The molecule has 0 aliphatic rings. The molecule has 1 rings (SSSR count). The predicted octanol–water partition coefficient (Wildman–Crippen LogP) is 1.12. The molecule has 0 radical (unpaired) electrons. The summed E-state index contributed by atoms with van der Waals surface area (Å²) in [5.74, 6) is -0.475. The van der Waals surface area contributed by atoms with Gasteiger partial charge in [-0.1, -0.05) is 13.3 Å². The summed E-state index contributed by atoms with van der Waals surface area (Å²) in [6.07, 6.45) is 2.81. The molecular weight excluding hydrogens is 296 g/mol. The van der Waals surface area contributed by atoms with E-state index in [-0.39, 0.29) is 10.9 Å². The number of carbonyl (C=O) groups excluding carboxylic acids is 1. The monoisotopic (exact) mass is 318 g/mol. The van der Waals surface area contributed by atoms with E-state index in [0.717, 1.165) is 19.4 Å². The van der Waals surface area contributed by atoms with Gasteiger partial charge in [-0.15, -0.1) is 0 Å². The van der Waals surface area contributed by atoms with Gasteiger partial charge in [0.25, 0.3) is 15.9 Å². The first-order valence-corrected chi connectivity index (χ1v) is 8.39. The van der Waals surface area contributed by atoms with Gasteiger partial charge in [0.1, 0.15) is 0 Å². The topological polar surface area (TPSA) is 97.6 Å². The van der Waals surface area contributed by atoms with Crippen LogP contribution in [0.1, 0.15) is 36.7 Å². The lowest BCUT2D eigenvalue weighted by molar-refractivity contribution is 0.0908. The Balaban J connectivity index is 2.33. The maximum absolute atomic E-state index is 11.7. The Hall–Kier alpha value is -1.38. The van der Waals surface area contributed by atoms with E-state index in [1.165, 1.54) is 19.2 Å². The Morgan fingerprint density at radius 2 is 2.00 bits per heavy atom. The molecule has 7 nitrogen and oxygen atoms in total. The van der Waals surface area contributed by atoms with Gasteiger partial charge in [0.05, 0.1) is 0 Å². The van der Waals surface area contributed by atoms with Crippen LogP contribution in [0.5, 0.6) is 0 Å². The first-order chi connectivity index (χ1) is 10.0. The van der Waals surface area contributed by atoms with Crippen molar-refractivity contribution < 1.29 is 22.4 Å². The van der Waals surface area contributed by atoms with E-state index in [0.29, 0.717) is 19.6 Å². The number of nitrogens with one attached hydrogen (secondary N) is 2. The molecule has 2 N–H and O–H groups in total. The average Bonchev–Trinajstić information content (AvgIpc) is 2.97. The fourth-order valence-electron chi connectivity index (χ4n) is 1.50. The average molecular weight is 318 g/mol. The molecule has 0 atom stereocenters. The standard InChI is InChI=1S/C13H22N2O5S/c1-3-4-9-19-10-5-8-15-13(16)11-6-7-12(20-11)21(17,18)14-2/h6-7,14H,3-5,8-10H2,1-2H3,(H,15,16).